The molecule has 0 saturated carbocycles. The average molecular weight is 463 g/mol. The Balaban J connectivity index is 2.01. The molecule has 2 amide bonds. The Labute approximate surface area is 175 Å². The molecule has 1 atom stereocenters. The van der Waals surface area contributed by atoms with Gasteiger partial charge in [0, 0.05) is 32.9 Å². The van der Waals surface area contributed by atoms with Crippen LogP contribution in [0.3, 0.4) is 0 Å². The second-order valence-electron chi connectivity index (χ2n) is 5.70. The maximum atomic E-state index is 12.6. The van der Waals surface area contributed by atoms with Crippen LogP contribution in [0.4, 0.5) is 11.4 Å². The Bertz CT molecular complexity index is 884. The molecule has 28 heavy (non-hydrogen) atoms. The van der Waals surface area contributed by atoms with Crippen LogP contribution in [-0.2, 0) is 14.4 Å². The summed E-state index contributed by atoms with van der Waals surface area (Å²) in [6.07, 6.45) is 2.35. The van der Waals surface area contributed by atoms with Crippen molar-refractivity contribution in [2.24, 2.45) is 0 Å². The number of carbonyl (C=O) groups excluding carboxylic acids is 2. The highest BCUT2D eigenvalue weighted by molar-refractivity contribution is 9.10. The van der Waals surface area contributed by atoms with Crippen LogP contribution in [0.15, 0.2) is 70.1 Å². The van der Waals surface area contributed by atoms with E-state index in [0.29, 0.717) is 12.1 Å². The van der Waals surface area contributed by atoms with Gasteiger partial charge in [-0.1, -0.05) is 28.9 Å². The number of hydrogen-bond acceptors (Lipinski definition) is 4. The monoisotopic (exact) mass is 462 g/mol. The summed E-state index contributed by atoms with van der Waals surface area (Å²) in [6, 6.07) is 14.4. The third-order valence-electron chi connectivity index (χ3n) is 3.53. The fraction of sp³-hybridized carbons (Fsp3) is 0.150. The minimum Gasteiger partial charge on any atom is -0.478 e. The van der Waals surface area contributed by atoms with Gasteiger partial charge < -0.3 is 15.7 Å². The van der Waals surface area contributed by atoms with Crippen molar-refractivity contribution in [1.29, 1.82) is 0 Å². The minimum atomic E-state index is -1.19. The number of benzene rings is 2. The smallest absolute Gasteiger partial charge is 0.328 e. The Morgan fingerprint density at radius 1 is 1.07 bits per heavy atom. The number of carbonyl (C=O) groups is 3. The number of amides is 2. The molecule has 2 aromatic rings. The molecule has 0 saturated heterocycles. The third kappa shape index (κ3) is 7.21. The van der Waals surface area contributed by atoms with Crippen molar-refractivity contribution < 1.29 is 19.5 Å². The summed E-state index contributed by atoms with van der Waals surface area (Å²) in [7, 11) is 0. The van der Waals surface area contributed by atoms with Crippen molar-refractivity contribution in [1.82, 2.24) is 0 Å². The van der Waals surface area contributed by atoms with Gasteiger partial charge in [0.2, 0.25) is 11.8 Å². The van der Waals surface area contributed by atoms with E-state index in [4.69, 9.17) is 5.11 Å². The quantitative estimate of drug-likeness (QED) is 0.395. The summed E-state index contributed by atoms with van der Waals surface area (Å²) in [5, 5.41) is 13.8. The summed E-state index contributed by atoms with van der Waals surface area (Å²) >= 11 is 4.75. The molecule has 1 unspecified atom stereocenters. The molecule has 2 aromatic carbocycles. The van der Waals surface area contributed by atoms with Gasteiger partial charge in [-0.3, -0.25) is 9.59 Å². The van der Waals surface area contributed by atoms with Crippen molar-refractivity contribution in [3.63, 3.8) is 0 Å². The summed E-state index contributed by atoms with van der Waals surface area (Å²) < 4.78 is 0.934. The molecule has 0 spiro atoms. The van der Waals surface area contributed by atoms with Crippen molar-refractivity contribution in [2.75, 3.05) is 10.6 Å². The topological polar surface area (TPSA) is 95.5 Å². The molecule has 0 fully saturated rings. The maximum absolute atomic E-state index is 12.6. The number of carboxylic acids is 1. The first-order chi connectivity index (χ1) is 13.4. The molecule has 0 heterocycles. The SMILES string of the molecule is CCC(Sc1cccc(NC(=O)/C=C/C(=O)O)c1)C(=O)Nc1ccc(Br)cc1. The lowest BCUT2D eigenvalue weighted by Gasteiger charge is -2.15. The second-order valence-corrected chi connectivity index (χ2v) is 7.89. The molecule has 2 rings (SSSR count). The van der Waals surface area contributed by atoms with E-state index in [0.717, 1.165) is 27.2 Å². The van der Waals surface area contributed by atoms with E-state index in [9.17, 15) is 14.4 Å². The van der Waals surface area contributed by atoms with Crippen molar-refractivity contribution in [3.8, 4) is 0 Å². The molecule has 0 bridgehead atoms. The zero-order valence-corrected chi connectivity index (χ0v) is 17.4. The van der Waals surface area contributed by atoms with Crippen LogP contribution in [0.1, 0.15) is 13.3 Å². The molecule has 0 radical (unpaired) electrons. The maximum Gasteiger partial charge on any atom is 0.328 e. The van der Waals surface area contributed by atoms with E-state index < -0.39 is 11.9 Å². The van der Waals surface area contributed by atoms with E-state index in [-0.39, 0.29) is 11.2 Å². The third-order valence-corrected chi connectivity index (χ3v) is 5.42. The number of aliphatic carboxylic acids is 1. The largest absolute Gasteiger partial charge is 0.478 e. The highest BCUT2D eigenvalue weighted by Crippen LogP contribution is 2.28. The van der Waals surface area contributed by atoms with Gasteiger partial charge in [0.15, 0.2) is 0 Å². The number of carboxylic acid groups (broad SMARTS) is 1. The molecule has 3 N–H and O–H groups in total. The summed E-state index contributed by atoms with van der Waals surface area (Å²) in [4.78, 5) is 35.6. The Morgan fingerprint density at radius 2 is 1.79 bits per heavy atom. The lowest BCUT2D eigenvalue weighted by atomic mass is 10.3. The van der Waals surface area contributed by atoms with E-state index in [1.54, 1.807) is 18.2 Å². The van der Waals surface area contributed by atoms with Crippen LogP contribution in [-0.4, -0.2) is 28.1 Å². The van der Waals surface area contributed by atoms with E-state index in [2.05, 4.69) is 26.6 Å². The molecule has 0 aliphatic carbocycles. The van der Waals surface area contributed by atoms with Gasteiger partial charge in [-0.2, -0.15) is 0 Å². The molecule has 6 nitrogen and oxygen atoms in total. The van der Waals surface area contributed by atoms with Crippen LogP contribution in [0.2, 0.25) is 0 Å². The number of thioether (sulfide) groups is 1. The lowest BCUT2D eigenvalue weighted by molar-refractivity contribution is -0.131. The van der Waals surface area contributed by atoms with Crippen LogP contribution >= 0.6 is 27.7 Å². The fourth-order valence-corrected chi connectivity index (χ4v) is 3.50. The molecule has 0 aliphatic rings. The molecule has 146 valence electrons. The normalized spacial score (nSPS) is 11.8. The van der Waals surface area contributed by atoms with Crippen LogP contribution in [0, 0.1) is 0 Å². The minimum absolute atomic E-state index is 0.103. The van der Waals surface area contributed by atoms with Gasteiger partial charge in [0.1, 0.15) is 0 Å². The Morgan fingerprint density at radius 3 is 2.43 bits per heavy atom. The fourth-order valence-electron chi connectivity index (χ4n) is 2.22. The molecule has 8 heteroatoms. The van der Waals surface area contributed by atoms with Crippen LogP contribution in [0.25, 0.3) is 0 Å². The summed E-state index contributed by atoms with van der Waals surface area (Å²) in [5.41, 5.74) is 1.24. The molecule has 0 aliphatic heterocycles. The number of rotatable bonds is 8. The van der Waals surface area contributed by atoms with Crippen molar-refractivity contribution in [3.05, 3.63) is 65.2 Å². The Kier molecular flexibility index (Phi) is 8.28. The average Bonchev–Trinajstić information content (AvgIpc) is 2.66. The van der Waals surface area contributed by atoms with Gasteiger partial charge in [-0.05, 0) is 48.9 Å². The number of hydrogen-bond donors (Lipinski definition) is 3. The first-order valence-corrected chi connectivity index (χ1v) is 10.1. The molecular formula is C20H19BrN2O4S. The predicted octanol–water partition coefficient (Wildman–Crippen LogP) is 4.54. The van der Waals surface area contributed by atoms with Crippen LogP contribution < -0.4 is 10.6 Å². The first kappa shape index (κ1) is 21.7. The van der Waals surface area contributed by atoms with Gasteiger partial charge in [0.05, 0.1) is 5.25 Å². The van der Waals surface area contributed by atoms with Gasteiger partial charge in [0.25, 0.3) is 0 Å². The standard InChI is InChI=1S/C20H19BrN2O4S/c1-2-17(20(27)23-14-8-6-13(21)7-9-14)28-16-5-3-4-15(12-16)22-18(24)10-11-19(25)26/h3-12,17H,2H2,1H3,(H,22,24)(H,23,27)(H,25,26)/b11-10+. The zero-order valence-electron chi connectivity index (χ0n) is 15.0. The number of anilines is 2. The van der Waals surface area contributed by atoms with Gasteiger partial charge in [-0.15, -0.1) is 11.8 Å². The summed E-state index contributed by atoms with van der Waals surface area (Å²) in [5.74, 6) is -1.83. The lowest BCUT2D eigenvalue weighted by Crippen LogP contribution is -2.24. The second kappa shape index (κ2) is 10.7. The van der Waals surface area contributed by atoms with E-state index in [1.807, 2.05) is 37.3 Å². The first-order valence-electron chi connectivity index (χ1n) is 8.42. The highest BCUT2D eigenvalue weighted by Gasteiger charge is 2.18. The Hall–Kier alpha value is -2.58. The van der Waals surface area contributed by atoms with Crippen molar-refractivity contribution >= 4 is 56.9 Å². The van der Waals surface area contributed by atoms with E-state index in [1.165, 1.54) is 11.8 Å². The summed E-state index contributed by atoms with van der Waals surface area (Å²) in [6.45, 7) is 1.93. The molecular weight excluding hydrogens is 444 g/mol. The van der Waals surface area contributed by atoms with E-state index >= 15 is 0 Å². The van der Waals surface area contributed by atoms with Gasteiger partial charge in [-0.25, -0.2) is 4.79 Å². The highest BCUT2D eigenvalue weighted by atomic mass is 79.9. The number of halogens is 1. The predicted molar refractivity (Wildman–Crippen MR) is 115 cm³/mol. The number of nitrogens with one attached hydrogen (secondary N) is 2. The van der Waals surface area contributed by atoms with Crippen LogP contribution in [0.5, 0.6) is 0 Å². The zero-order chi connectivity index (χ0) is 20.5. The van der Waals surface area contributed by atoms with Gasteiger partial charge >= 0.3 is 5.97 Å². The molecule has 0 aromatic heterocycles. The van der Waals surface area contributed by atoms with Crippen molar-refractivity contribution in [2.45, 2.75) is 23.5 Å².